The van der Waals surface area contributed by atoms with E-state index in [0.29, 0.717) is 22.8 Å². The minimum atomic E-state index is -0.314. The summed E-state index contributed by atoms with van der Waals surface area (Å²) in [7, 11) is 1.53. The van der Waals surface area contributed by atoms with Crippen molar-refractivity contribution in [2.75, 3.05) is 12.4 Å². The van der Waals surface area contributed by atoms with Crippen LogP contribution in [0.15, 0.2) is 42.9 Å². The third-order valence-electron chi connectivity index (χ3n) is 5.92. The molecule has 31 heavy (non-hydrogen) atoms. The van der Waals surface area contributed by atoms with Gasteiger partial charge in [-0.2, -0.15) is 14.7 Å². The number of carbonyl (C=O) groups is 2. The average molecular weight is 418 g/mol. The molecule has 1 aromatic carbocycles. The van der Waals surface area contributed by atoms with Crippen LogP contribution in [0.5, 0.6) is 5.75 Å². The van der Waals surface area contributed by atoms with Gasteiger partial charge in [0.05, 0.1) is 30.4 Å². The lowest BCUT2D eigenvalue weighted by Crippen LogP contribution is -2.19. The highest BCUT2D eigenvalue weighted by atomic mass is 16.5. The van der Waals surface area contributed by atoms with Crippen molar-refractivity contribution in [1.29, 1.82) is 0 Å². The van der Waals surface area contributed by atoms with Gasteiger partial charge in [-0.1, -0.05) is 0 Å². The molecule has 3 aromatic heterocycles. The number of imidazole rings is 1. The number of aldehydes is 1. The Balaban J connectivity index is 1.44. The Kier molecular flexibility index (Phi) is 4.85. The maximum absolute atomic E-state index is 13.0. The summed E-state index contributed by atoms with van der Waals surface area (Å²) in [5.41, 5.74) is 1.82. The van der Waals surface area contributed by atoms with Gasteiger partial charge >= 0.3 is 0 Å². The Morgan fingerprint density at radius 3 is 2.87 bits per heavy atom. The lowest BCUT2D eigenvalue weighted by molar-refractivity contribution is -0.112. The minimum Gasteiger partial charge on any atom is -0.496 e. The topological polar surface area (TPSA) is 103 Å². The molecular formula is C22H22N6O3. The number of hydrogen-bond acceptors (Lipinski definition) is 6. The van der Waals surface area contributed by atoms with E-state index in [1.807, 2.05) is 16.9 Å². The Morgan fingerprint density at radius 1 is 1.26 bits per heavy atom. The second kappa shape index (κ2) is 7.82. The van der Waals surface area contributed by atoms with Crippen LogP contribution < -0.4 is 10.1 Å². The predicted octanol–water partition coefficient (Wildman–Crippen LogP) is 3.27. The van der Waals surface area contributed by atoms with Crippen molar-refractivity contribution in [3.63, 3.8) is 0 Å². The highest BCUT2D eigenvalue weighted by molar-refractivity contribution is 6.08. The quantitative estimate of drug-likeness (QED) is 0.499. The van der Waals surface area contributed by atoms with E-state index in [2.05, 4.69) is 15.4 Å². The van der Waals surface area contributed by atoms with Gasteiger partial charge in [0, 0.05) is 29.8 Å². The standard InChI is InChI=1S/C22H22N6O3/c1-31-19-10-18-15(12-27(26-18)16-6-4-14(13-29)5-7-16)9-17(19)22(30)25-21-11-23-20-3-2-8-24-28(20)21/h2-3,8-14,16H,4-7H2,1H3,(H,25,30). The zero-order valence-electron chi connectivity index (χ0n) is 17.1. The minimum absolute atomic E-state index is 0.158. The summed E-state index contributed by atoms with van der Waals surface area (Å²) in [6.45, 7) is 0. The van der Waals surface area contributed by atoms with Gasteiger partial charge in [0.15, 0.2) is 11.5 Å². The maximum Gasteiger partial charge on any atom is 0.260 e. The summed E-state index contributed by atoms with van der Waals surface area (Å²) in [6, 6.07) is 7.43. The number of methoxy groups -OCH3 is 1. The third-order valence-corrected chi connectivity index (χ3v) is 5.92. The van der Waals surface area contributed by atoms with Crippen molar-refractivity contribution in [3.8, 4) is 5.75 Å². The smallest absolute Gasteiger partial charge is 0.260 e. The Labute approximate surface area is 178 Å². The first-order valence-corrected chi connectivity index (χ1v) is 10.3. The van der Waals surface area contributed by atoms with Gasteiger partial charge in [-0.25, -0.2) is 4.98 Å². The number of hydrogen-bond donors (Lipinski definition) is 1. The van der Waals surface area contributed by atoms with Crippen LogP contribution >= 0.6 is 0 Å². The van der Waals surface area contributed by atoms with Gasteiger partial charge < -0.3 is 14.8 Å². The molecule has 158 valence electrons. The first-order chi connectivity index (χ1) is 15.2. The summed E-state index contributed by atoms with van der Waals surface area (Å²) in [6.07, 6.45) is 9.83. The molecule has 0 unspecified atom stereocenters. The van der Waals surface area contributed by atoms with Crippen molar-refractivity contribution in [2.24, 2.45) is 5.92 Å². The SMILES string of the molecule is COc1cc2nn(C3CCC(C=O)CC3)cc2cc1C(=O)Nc1cnc2cccnn12. The zero-order chi connectivity index (χ0) is 21.4. The lowest BCUT2D eigenvalue weighted by atomic mass is 9.87. The van der Waals surface area contributed by atoms with E-state index in [9.17, 15) is 9.59 Å². The second-order valence-electron chi connectivity index (χ2n) is 7.82. The molecule has 1 saturated carbocycles. The number of aromatic nitrogens is 5. The second-order valence-corrected chi connectivity index (χ2v) is 7.82. The summed E-state index contributed by atoms with van der Waals surface area (Å²) in [4.78, 5) is 28.3. The van der Waals surface area contributed by atoms with E-state index >= 15 is 0 Å². The molecule has 5 rings (SSSR count). The van der Waals surface area contributed by atoms with Gasteiger partial charge in [-0.3, -0.25) is 9.48 Å². The van der Waals surface area contributed by atoms with Crippen LogP contribution in [0.4, 0.5) is 5.82 Å². The molecule has 0 radical (unpaired) electrons. The summed E-state index contributed by atoms with van der Waals surface area (Å²) in [5.74, 6) is 0.767. The molecule has 1 N–H and O–H groups in total. The van der Waals surface area contributed by atoms with Crippen molar-refractivity contribution in [1.82, 2.24) is 24.4 Å². The fraction of sp³-hybridized carbons (Fsp3) is 0.318. The van der Waals surface area contributed by atoms with Crippen LogP contribution in [0.2, 0.25) is 0 Å². The highest BCUT2D eigenvalue weighted by Crippen LogP contribution is 2.33. The lowest BCUT2D eigenvalue weighted by Gasteiger charge is -2.25. The van der Waals surface area contributed by atoms with Crippen molar-refractivity contribution < 1.29 is 14.3 Å². The molecule has 0 saturated heterocycles. The van der Waals surface area contributed by atoms with E-state index in [4.69, 9.17) is 9.84 Å². The fourth-order valence-corrected chi connectivity index (χ4v) is 4.21. The zero-order valence-corrected chi connectivity index (χ0v) is 17.1. The molecule has 0 spiro atoms. The number of nitrogens with one attached hydrogen (secondary N) is 1. The van der Waals surface area contributed by atoms with Gasteiger partial charge in [-0.05, 0) is 43.9 Å². The molecule has 9 nitrogen and oxygen atoms in total. The fourth-order valence-electron chi connectivity index (χ4n) is 4.21. The molecule has 1 aliphatic carbocycles. The summed E-state index contributed by atoms with van der Waals surface area (Å²) >= 11 is 0. The Hall–Kier alpha value is -3.75. The average Bonchev–Trinajstić information content (AvgIpc) is 3.42. The molecular weight excluding hydrogens is 396 g/mol. The van der Waals surface area contributed by atoms with Gasteiger partial charge in [-0.15, -0.1) is 0 Å². The molecule has 1 aliphatic rings. The van der Waals surface area contributed by atoms with Gasteiger partial charge in [0.25, 0.3) is 5.91 Å². The van der Waals surface area contributed by atoms with Gasteiger partial charge in [0.2, 0.25) is 0 Å². The van der Waals surface area contributed by atoms with Crippen LogP contribution in [-0.2, 0) is 4.79 Å². The molecule has 1 fully saturated rings. The number of rotatable bonds is 5. The van der Waals surface area contributed by atoms with Gasteiger partial charge in [0.1, 0.15) is 12.0 Å². The Bertz CT molecular complexity index is 1270. The highest BCUT2D eigenvalue weighted by Gasteiger charge is 2.24. The summed E-state index contributed by atoms with van der Waals surface area (Å²) in [5, 5.41) is 12.6. The van der Waals surface area contributed by atoms with Crippen LogP contribution in [0.1, 0.15) is 42.1 Å². The van der Waals surface area contributed by atoms with E-state index in [1.54, 1.807) is 35.1 Å². The molecule has 0 bridgehead atoms. The Morgan fingerprint density at radius 2 is 2.10 bits per heavy atom. The van der Waals surface area contributed by atoms with Crippen LogP contribution in [0, 0.1) is 5.92 Å². The molecule has 0 aliphatic heterocycles. The van der Waals surface area contributed by atoms with Crippen LogP contribution in [-0.4, -0.2) is 43.7 Å². The monoisotopic (exact) mass is 418 g/mol. The number of anilines is 1. The van der Waals surface area contributed by atoms with Crippen molar-refractivity contribution in [2.45, 2.75) is 31.7 Å². The number of fused-ring (bicyclic) bond motifs is 2. The first-order valence-electron chi connectivity index (χ1n) is 10.3. The van der Waals surface area contributed by atoms with E-state index in [1.165, 1.54) is 7.11 Å². The maximum atomic E-state index is 13.0. The van der Waals surface area contributed by atoms with Crippen molar-refractivity contribution in [3.05, 3.63) is 48.4 Å². The molecule has 1 amide bonds. The molecule has 0 atom stereocenters. The molecule has 4 aromatic rings. The number of ether oxygens (including phenoxy) is 1. The summed E-state index contributed by atoms with van der Waals surface area (Å²) < 4.78 is 9.00. The number of benzene rings is 1. The van der Waals surface area contributed by atoms with Crippen LogP contribution in [0.3, 0.4) is 0 Å². The number of amides is 1. The van der Waals surface area contributed by atoms with E-state index < -0.39 is 0 Å². The molecule has 9 heteroatoms. The largest absolute Gasteiger partial charge is 0.496 e. The van der Waals surface area contributed by atoms with Crippen molar-refractivity contribution >= 4 is 34.6 Å². The van der Waals surface area contributed by atoms with Crippen LogP contribution in [0.25, 0.3) is 16.6 Å². The third kappa shape index (κ3) is 3.52. The number of carbonyl (C=O) groups excluding carboxylic acids is 2. The van der Waals surface area contributed by atoms with E-state index in [0.717, 1.165) is 42.9 Å². The van der Waals surface area contributed by atoms with E-state index in [-0.39, 0.29) is 17.9 Å². The molecule has 3 heterocycles. The first kappa shape index (κ1) is 19.2. The predicted molar refractivity (Wildman–Crippen MR) is 114 cm³/mol. The normalized spacial score (nSPS) is 18.9. The number of nitrogens with zero attached hydrogens (tertiary/aromatic N) is 5.